The molecule has 33 heavy (non-hydrogen) atoms. The predicted octanol–water partition coefficient (Wildman–Crippen LogP) is 4.70. The van der Waals surface area contributed by atoms with Gasteiger partial charge in [0.05, 0.1) is 17.0 Å². The van der Waals surface area contributed by atoms with Gasteiger partial charge in [0.2, 0.25) is 17.2 Å². The van der Waals surface area contributed by atoms with E-state index < -0.39 is 35.5 Å². The van der Waals surface area contributed by atoms with E-state index in [-0.39, 0.29) is 21.8 Å². The first-order chi connectivity index (χ1) is 15.4. The highest BCUT2D eigenvalue weighted by Crippen LogP contribution is 2.39. The number of hydrogen-bond donors (Lipinski definition) is 1. The summed E-state index contributed by atoms with van der Waals surface area (Å²) in [6.45, 7) is 8.75. The van der Waals surface area contributed by atoms with Crippen molar-refractivity contribution < 1.29 is 33.8 Å². The van der Waals surface area contributed by atoms with Gasteiger partial charge in [-0.3, -0.25) is 14.4 Å². The summed E-state index contributed by atoms with van der Waals surface area (Å²) in [5.74, 6) is -2.96. The molecule has 2 atom stereocenters. The van der Waals surface area contributed by atoms with Crippen molar-refractivity contribution in [3.05, 3.63) is 69.7 Å². The van der Waals surface area contributed by atoms with Crippen LogP contribution >= 0.6 is 11.6 Å². The molecular weight excluding hydrogens is 448 g/mol. The highest BCUT2D eigenvalue weighted by atomic mass is 35.5. The largest absolute Gasteiger partial charge is 0.478 e. The van der Waals surface area contributed by atoms with Crippen molar-refractivity contribution in [2.24, 2.45) is 5.92 Å². The van der Waals surface area contributed by atoms with Crippen molar-refractivity contribution in [1.82, 2.24) is 0 Å². The number of halogens is 1. The van der Waals surface area contributed by atoms with Gasteiger partial charge in [-0.25, -0.2) is 4.79 Å². The van der Waals surface area contributed by atoms with Crippen molar-refractivity contribution in [2.45, 2.75) is 53.1 Å². The number of aliphatic carboxylic acids is 1. The topological polar surface area (TPSA) is 107 Å². The van der Waals surface area contributed by atoms with Gasteiger partial charge in [-0.15, -0.1) is 0 Å². The monoisotopic (exact) mass is 474 g/mol. The van der Waals surface area contributed by atoms with Gasteiger partial charge in [-0.1, -0.05) is 55.2 Å². The number of carbonyl (C=O) groups excluding carboxylic acids is 3. The van der Waals surface area contributed by atoms with Crippen LogP contribution in [-0.4, -0.2) is 34.2 Å². The minimum absolute atomic E-state index is 0.0109. The minimum Gasteiger partial charge on any atom is -0.478 e. The van der Waals surface area contributed by atoms with Crippen molar-refractivity contribution in [3.8, 4) is 0 Å². The number of carboxylic acid groups (broad SMARTS) is 1. The molecule has 0 saturated carbocycles. The molecule has 2 rings (SSSR count). The molecule has 0 amide bonds. The summed E-state index contributed by atoms with van der Waals surface area (Å²) in [5.41, 5.74) is -0.737. The molecule has 0 saturated heterocycles. The lowest BCUT2D eigenvalue weighted by atomic mass is 9.80. The number of Topliss-reactive ketones (excluding diaryl/α,β-unsaturated/α-hetero) is 2. The predicted molar refractivity (Wildman–Crippen MR) is 123 cm³/mol. The number of allylic oxidation sites excluding steroid dienone is 6. The fourth-order valence-corrected chi connectivity index (χ4v) is 3.60. The second kappa shape index (κ2) is 10.6. The Labute approximate surface area is 197 Å². The quantitative estimate of drug-likeness (QED) is 0.235. The minimum atomic E-state index is -2.17. The molecule has 8 heteroatoms. The van der Waals surface area contributed by atoms with E-state index in [1.807, 2.05) is 13.0 Å². The average molecular weight is 475 g/mol. The van der Waals surface area contributed by atoms with Crippen molar-refractivity contribution >= 4 is 35.1 Å². The summed E-state index contributed by atoms with van der Waals surface area (Å²) in [6, 6.07) is 0. The molecule has 2 unspecified atom stereocenters. The van der Waals surface area contributed by atoms with Crippen LogP contribution < -0.4 is 0 Å². The number of hydrogen-bond acceptors (Lipinski definition) is 6. The van der Waals surface area contributed by atoms with Crippen LogP contribution in [-0.2, 0) is 28.7 Å². The van der Waals surface area contributed by atoms with E-state index in [2.05, 4.69) is 19.9 Å². The maximum absolute atomic E-state index is 13.1. The van der Waals surface area contributed by atoms with Gasteiger partial charge in [0, 0.05) is 11.6 Å². The zero-order valence-electron chi connectivity index (χ0n) is 19.2. The van der Waals surface area contributed by atoms with E-state index >= 15 is 0 Å². The van der Waals surface area contributed by atoms with Gasteiger partial charge in [-0.2, -0.15) is 0 Å². The number of carboxylic acids is 1. The highest BCUT2D eigenvalue weighted by molar-refractivity contribution is 6.49. The molecule has 2 aliphatic rings. The van der Waals surface area contributed by atoms with E-state index in [4.69, 9.17) is 26.2 Å². The lowest BCUT2D eigenvalue weighted by Crippen LogP contribution is -2.51. The number of ketones is 2. The number of esters is 1. The lowest BCUT2D eigenvalue weighted by molar-refractivity contribution is -0.168. The molecule has 0 aromatic carbocycles. The average Bonchev–Trinajstić information content (AvgIpc) is 2.74. The normalized spacial score (nSPS) is 22.5. The zero-order valence-corrected chi connectivity index (χ0v) is 20.0. The number of fused-ring (bicyclic) bond motifs is 1. The Morgan fingerprint density at radius 2 is 1.94 bits per heavy atom. The van der Waals surface area contributed by atoms with Crippen molar-refractivity contribution in [3.63, 3.8) is 0 Å². The Kier molecular flexibility index (Phi) is 8.39. The first-order valence-electron chi connectivity index (χ1n) is 10.5. The van der Waals surface area contributed by atoms with E-state index in [0.29, 0.717) is 11.7 Å². The Morgan fingerprint density at radius 1 is 1.27 bits per heavy atom. The number of rotatable bonds is 8. The van der Waals surface area contributed by atoms with Crippen LogP contribution in [0.2, 0.25) is 0 Å². The van der Waals surface area contributed by atoms with Crippen LogP contribution in [0, 0.1) is 5.92 Å². The first kappa shape index (κ1) is 26.1. The molecule has 0 aromatic heterocycles. The number of ether oxygens (including phenoxy) is 2. The Balaban J connectivity index is 2.29. The third-order valence-electron chi connectivity index (χ3n) is 5.25. The fourth-order valence-electron chi connectivity index (χ4n) is 3.26. The second-order valence-corrected chi connectivity index (χ2v) is 8.60. The third kappa shape index (κ3) is 6.20. The smallest absolute Gasteiger partial charge is 0.328 e. The Bertz CT molecular complexity index is 1070. The first-order valence-corrected chi connectivity index (χ1v) is 10.8. The molecule has 1 N–H and O–H groups in total. The Morgan fingerprint density at radius 3 is 2.55 bits per heavy atom. The van der Waals surface area contributed by atoms with Crippen molar-refractivity contribution in [2.75, 3.05) is 0 Å². The van der Waals surface area contributed by atoms with Gasteiger partial charge in [0.1, 0.15) is 12.0 Å². The molecule has 176 valence electrons. The fraction of sp³-hybridized carbons (Fsp3) is 0.360. The van der Waals surface area contributed by atoms with Gasteiger partial charge >= 0.3 is 11.9 Å². The summed E-state index contributed by atoms with van der Waals surface area (Å²) in [4.78, 5) is 49.0. The standard InChI is InChI=1S/C25H27ClO7/c1-6-14(2)9-15(3)7-8-17-12-18-19(13-32-17)23(30)25(5,24(31)22(18)26)33-21(29)11-16(4)10-20(27)28/h7-10,12-14H,6,11H2,1-5H3,(H,27,28). The van der Waals surface area contributed by atoms with E-state index in [0.717, 1.165) is 25.0 Å². The van der Waals surface area contributed by atoms with Crippen LogP contribution in [0.25, 0.3) is 0 Å². The number of carbonyl (C=O) groups is 4. The summed E-state index contributed by atoms with van der Waals surface area (Å²) in [5, 5.41) is 8.51. The van der Waals surface area contributed by atoms with Crippen molar-refractivity contribution in [1.29, 1.82) is 0 Å². The molecule has 1 aliphatic heterocycles. The van der Waals surface area contributed by atoms with Crippen LogP contribution in [0.3, 0.4) is 0 Å². The van der Waals surface area contributed by atoms with E-state index in [9.17, 15) is 19.2 Å². The summed E-state index contributed by atoms with van der Waals surface area (Å²) in [6.07, 6.45) is 9.82. The maximum Gasteiger partial charge on any atom is 0.328 e. The second-order valence-electron chi connectivity index (χ2n) is 8.22. The zero-order chi connectivity index (χ0) is 24.9. The Hall–Kier alpha value is -3.19. The molecule has 1 aliphatic carbocycles. The van der Waals surface area contributed by atoms with Gasteiger partial charge in [0.15, 0.2) is 0 Å². The summed E-state index contributed by atoms with van der Waals surface area (Å²) in [7, 11) is 0. The van der Waals surface area contributed by atoms with Crippen LogP contribution in [0.5, 0.6) is 0 Å². The molecular formula is C25H27ClO7. The van der Waals surface area contributed by atoms with Gasteiger partial charge < -0.3 is 14.6 Å². The summed E-state index contributed by atoms with van der Waals surface area (Å²) >= 11 is 6.29. The third-order valence-corrected chi connectivity index (χ3v) is 5.62. The molecule has 0 bridgehead atoms. The van der Waals surface area contributed by atoms with Gasteiger partial charge in [0.25, 0.3) is 0 Å². The molecule has 0 aromatic rings. The molecule has 0 spiro atoms. The molecule has 0 fully saturated rings. The maximum atomic E-state index is 13.1. The summed E-state index contributed by atoms with van der Waals surface area (Å²) < 4.78 is 10.7. The van der Waals surface area contributed by atoms with E-state index in [1.165, 1.54) is 19.3 Å². The van der Waals surface area contributed by atoms with Crippen LogP contribution in [0.15, 0.2) is 69.7 Å². The van der Waals surface area contributed by atoms with Crippen LogP contribution in [0.1, 0.15) is 47.5 Å². The SMILES string of the molecule is CCC(C)C=C(C)C=CC1=CC2=C(Cl)C(=O)C(C)(OC(=O)CC(C)=CC(=O)O)C(=O)C2=CO1. The van der Waals surface area contributed by atoms with E-state index in [1.54, 1.807) is 6.08 Å². The van der Waals surface area contributed by atoms with Gasteiger partial charge in [-0.05, 0) is 38.8 Å². The lowest BCUT2D eigenvalue weighted by Gasteiger charge is -2.32. The molecule has 1 heterocycles. The molecule has 0 radical (unpaired) electrons. The molecule has 7 nitrogen and oxygen atoms in total. The van der Waals surface area contributed by atoms with Crippen LogP contribution in [0.4, 0.5) is 0 Å². The highest BCUT2D eigenvalue weighted by Gasteiger charge is 2.52.